The fraction of sp³-hybridized carbons (Fsp3) is 0.533. The van der Waals surface area contributed by atoms with Gasteiger partial charge in [0.25, 0.3) is 0 Å². The lowest BCUT2D eigenvalue weighted by molar-refractivity contribution is -0.114. The number of phosphoric acid groups is 1. The molecule has 2 saturated heterocycles. The van der Waals surface area contributed by atoms with Crippen LogP contribution in [-0.4, -0.2) is 43.9 Å². The quantitative estimate of drug-likeness (QED) is 0.626. The van der Waals surface area contributed by atoms with Crippen LogP contribution in [0.2, 0.25) is 0 Å². The van der Waals surface area contributed by atoms with Crippen LogP contribution in [0.4, 0.5) is 5.82 Å². The van der Waals surface area contributed by atoms with Gasteiger partial charge in [-0.1, -0.05) is 5.92 Å². The van der Waals surface area contributed by atoms with Gasteiger partial charge in [-0.2, -0.15) is 0 Å². The van der Waals surface area contributed by atoms with Crippen molar-refractivity contribution in [3.63, 3.8) is 0 Å². The Morgan fingerprint density at radius 2 is 2.31 bits per heavy atom. The lowest BCUT2D eigenvalue weighted by Gasteiger charge is -2.36. The molecule has 0 aromatic carbocycles. The maximum atomic E-state index is 12.6. The molecular formula is C15H18N5O5P. The molecule has 4 heterocycles. The molecule has 11 heteroatoms. The van der Waals surface area contributed by atoms with Crippen LogP contribution in [0.1, 0.15) is 26.5 Å². The molecular weight excluding hydrogens is 361 g/mol. The van der Waals surface area contributed by atoms with E-state index >= 15 is 0 Å². The molecule has 2 aliphatic heterocycles. The van der Waals surface area contributed by atoms with Gasteiger partial charge < -0.3 is 10.5 Å². The van der Waals surface area contributed by atoms with Crippen molar-refractivity contribution >= 4 is 24.8 Å². The van der Waals surface area contributed by atoms with Gasteiger partial charge in [-0.05, 0) is 13.8 Å². The van der Waals surface area contributed by atoms with E-state index in [0.717, 1.165) is 0 Å². The summed E-state index contributed by atoms with van der Waals surface area (Å²) in [5, 5.41) is 0. The molecule has 2 aromatic rings. The number of imidazole rings is 1. The number of ether oxygens (including phenoxy) is 1. The first-order valence-corrected chi connectivity index (χ1v) is 9.52. The number of hydrogen-bond acceptors (Lipinski definition) is 9. The Balaban J connectivity index is 1.65. The van der Waals surface area contributed by atoms with Gasteiger partial charge in [-0.15, -0.1) is 6.42 Å². The Labute approximate surface area is 149 Å². The molecule has 26 heavy (non-hydrogen) atoms. The second-order valence-electron chi connectivity index (χ2n) is 6.39. The summed E-state index contributed by atoms with van der Waals surface area (Å²) in [6.07, 6.45) is 7.39. The van der Waals surface area contributed by atoms with Gasteiger partial charge in [0.1, 0.15) is 30.8 Å². The molecule has 2 N–H and O–H groups in total. The number of nitrogens with zero attached hydrogens (tertiary/aromatic N) is 4. The fourth-order valence-electron chi connectivity index (χ4n) is 3.09. The summed E-state index contributed by atoms with van der Waals surface area (Å²) in [4.78, 5) is 12.3. The smallest absolute Gasteiger partial charge is 0.382 e. The Kier molecular flexibility index (Phi) is 4.02. The summed E-state index contributed by atoms with van der Waals surface area (Å²) in [6.45, 7) is 3.38. The van der Waals surface area contributed by atoms with Crippen LogP contribution in [0, 0.1) is 12.3 Å². The van der Waals surface area contributed by atoms with E-state index in [-0.39, 0.29) is 18.5 Å². The van der Waals surface area contributed by atoms with Crippen LogP contribution in [0.3, 0.4) is 0 Å². The standard InChI is InChI=1S/C15H18N5O5P/c1-4-15-6-22-26(21,24-9(2)3)25-10(15)5-11(23-15)20-8-19-12-13(16)17-7-18-14(12)20/h1,7-11H,5-6H2,2-3H3,(H2,16,17,18)/t10-,11+,15+,26?/m0/s1. The first-order chi connectivity index (χ1) is 12.4. The van der Waals surface area contributed by atoms with E-state index in [1.807, 2.05) is 0 Å². The Morgan fingerprint density at radius 1 is 1.50 bits per heavy atom. The maximum Gasteiger partial charge on any atom is 0.475 e. The summed E-state index contributed by atoms with van der Waals surface area (Å²) >= 11 is 0. The lowest BCUT2D eigenvalue weighted by Crippen LogP contribution is -2.46. The van der Waals surface area contributed by atoms with Crippen molar-refractivity contribution < 1.29 is 22.9 Å². The van der Waals surface area contributed by atoms with Crippen molar-refractivity contribution in [3.8, 4) is 12.3 Å². The molecule has 4 atom stereocenters. The number of hydrogen-bond donors (Lipinski definition) is 1. The topological polar surface area (TPSA) is 124 Å². The van der Waals surface area contributed by atoms with Crippen LogP contribution < -0.4 is 5.73 Å². The SMILES string of the molecule is C#C[C@@]12COP(=O)(OC(C)C)O[C@H]1C[C@H](n1cnc3c(N)ncnc31)O2. The molecule has 0 radical (unpaired) electrons. The van der Waals surface area contributed by atoms with Crippen molar-refractivity contribution in [1.29, 1.82) is 0 Å². The molecule has 2 aliphatic rings. The van der Waals surface area contributed by atoms with Gasteiger partial charge in [0, 0.05) is 6.42 Å². The summed E-state index contributed by atoms with van der Waals surface area (Å²) < 4.78 is 36.7. The first-order valence-electron chi connectivity index (χ1n) is 8.06. The van der Waals surface area contributed by atoms with Crippen LogP contribution in [0.5, 0.6) is 0 Å². The fourth-order valence-corrected chi connectivity index (χ4v) is 4.70. The third-order valence-corrected chi connectivity index (χ3v) is 5.89. The van der Waals surface area contributed by atoms with E-state index in [4.69, 9.17) is 30.5 Å². The minimum absolute atomic E-state index is 0.0988. The van der Waals surface area contributed by atoms with Gasteiger partial charge in [-0.3, -0.25) is 18.1 Å². The van der Waals surface area contributed by atoms with E-state index in [2.05, 4.69) is 20.9 Å². The zero-order chi connectivity index (χ0) is 18.5. The van der Waals surface area contributed by atoms with Crippen molar-refractivity contribution in [3.05, 3.63) is 12.7 Å². The summed E-state index contributed by atoms with van der Waals surface area (Å²) in [5.41, 5.74) is 5.62. The van der Waals surface area contributed by atoms with Crippen molar-refractivity contribution in [2.45, 2.75) is 44.3 Å². The molecule has 1 unspecified atom stereocenters. The number of fused-ring (bicyclic) bond motifs is 2. The predicted octanol–water partition coefficient (Wildman–Crippen LogP) is 1.65. The van der Waals surface area contributed by atoms with E-state index in [0.29, 0.717) is 17.6 Å². The summed E-state index contributed by atoms with van der Waals surface area (Å²) in [7, 11) is -3.70. The van der Waals surface area contributed by atoms with Crippen LogP contribution in [0.25, 0.3) is 11.2 Å². The Morgan fingerprint density at radius 3 is 3.04 bits per heavy atom. The number of rotatable bonds is 3. The van der Waals surface area contributed by atoms with Gasteiger partial charge in [0.2, 0.25) is 0 Å². The van der Waals surface area contributed by atoms with Crippen LogP contribution >= 0.6 is 7.82 Å². The first kappa shape index (κ1) is 17.4. The summed E-state index contributed by atoms with van der Waals surface area (Å²) in [5.74, 6) is 2.85. The molecule has 2 aromatic heterocycles. The number of nitrogen functional groups attached to an aromatic ring is 1. The zero-order valence-electron chi connectivity index (χ0n) is 14.2. The highest BCUT2D eigenvalue weighted by Crippen LogP contribution is 2.60. The number of terminal acetylenes is 1. The van der Waals surface area contributed by atoms with E-state index in [9.17, 15) is 4.57 Å². The van der Waals surface area contributed by atoms with Crippen molar-refractivity contribution in [2.24, 2.45) is 0 Å². The normalized spacial score (nSPS) is 34.1. The molecule has 10 nitrogen and oxygen atoms in total. The third-order valence-electron chi connectivity index (χ3n) is 4.26. The van der Waals surface area contributed by atoms with Crippen molar-refractivity contribution in [1.82, 2.24) is 19.5 Å². The molecule has 0 saturated carbocycles. The Hall–Kier alpha value is -2.02. The molecule has 2 fully saturated rings. The number of aromatic nitrogens is 4. The van der Waals surface area contributed by atoms with Crippen molar-refractivity contribution in [2.75, 3.05) is 12.3 Å². The molecule has 0 spiro atoms. The van der Waals surface area contributed by atoms with Crippen LogP contribution in [0.15, 0.2) is 12.7 Å². The second-order valence-corrected chi connectivity index (χ2v) is 7.97. The molecule has 138 valence electrons. The number of nitrogens with two attached hydrogens (primary N) is 1. The highest BCUT2D eigenvalue weighted by molar-refractivity contribution is 7.48. The largest absolute Gasteiger partial charge is 0.475 e. The second kappa shape index (κ2) is 6.01. The third kappa shape index (κ3) is 2.69. The predicted molar refractivity (Wildman–Crippen MR) is 90.7 cm³/mol. The van der Waals surface area contributed by atoms with Gasteiger partial charge in [0.05, 0.1) is 12.4 Å². The van der Waals surface area contributed by atoms with Gasteiger partial charge in [-0.25, -0.2) is 19.5 Å². The van der Waals surface area contributed by atoms with E-state index in [1.165, 1.54) is 6.33 Å². The highest BCUT2D eigenvalue weighted by Gasteiger charge is 2.57. The molecule has 0 bridgehead atoms. The van der Waals surface area contributed by atoms with E-state index < -0.39 is 25.8 Å². The molecule has 0 amide bonds. The van der Waals surface area contributed by atoms with E-state index in [1.54, 1.807) is 24.7 Å². The highest BCUT2D eigenvalue weighted by atomic mass is 31.2. The number of phosphoric ester groups is 1. The van der Waals surface area contributed by atoms with Crippen LogP contribution in [-0.2, 0) is 22.9 Å². The average molecular weight is 379 g/mol. The number of anilines is 1. The van der Waals surface area contributed by atoms with Gasteiger partial charge >= 0.3 is 7.82 Å². The molecule has 4 rings (SSSR count). The minimum Gasteiger partial charge on any atom is -0.382 e. The Bertz CT molecular complexity index is 940. The average Bonchev–Trinajstić information content (AvgIpc) is 3.16. The lowest BCUT2D eigenvalue weighted by atomic mass is 9.99. The monoisotopic (exact) mass is 379 g/mol. The maximum absolute atomic E-state index is 12.6. The zero-order valence-corrected chi connectivity index (χ0v) is 15.1. The molecule has 0 aliphatic carbocycles. The summed E-state index contributed by atoms with van der Waals surface area (Å²) in [6, 6.07) is 0. The minimum atomic E-state index is -3.70. The van der Waals surface area contributed by atoms with Gasteiger partial charge in [0.15, 0.2) is 17.1 Å².